The lowest BCUT2D eigenvalue weighted by Crippen LogP contribution is -2.49. The highest BCUT2D eigenvalue weighted by molar-refractivity contribution is 5.78. The summed E-state index contributed by atoms with van der Waals surface area (Å²) >= 11 is 0. The van der Waals surface area contributed by atoms with Crippen LogP contribution in [0.1, 0.15) is 37.0 Å². The minimum atomic E-state index is -0.369. The predicted molar refractivity (Wildman–Crippen MR) is 115 cm³/mol. The van der Waals surface area contributed by atoms with Gasteiger partial charge < -0.3 is 18.9 Å². The van der Waals surface area contributed by atoms with Crippen LogP contribution in [-0.2, 0) is 16.8 Å². The lowest BCUT2D eigenvalue weighted by Gasteiger charge is -2.38. The van der Waals surface area contributed by atoms with E-state index in [-0.39, 0.29) is 24.5 Å². The Morgan fingerprint density at radius 1 is 1.13 bits per heavy atom. The van der Waals surface area contributed by atoms with Crippen LogP contribution in [0.25, 0.3) is 0 Å². The lowest BCUT2D eigenvalue weighted by atomic mass is 9.81. The number of benzene rings is 2. The SMILES string of the molecule is Cc1cccc(OCC(=O)N2CCCC(C)(c3noc(COc4ccccc4)n3)C2)c1. The van der Waals surface area contributed by atoms with Crippen molar-refractivity contribution in [3.63, 3.8) is 0 Å². The molecule has 2 aromatic carbocycles. The second-order valence-electron chi connectivity index (χ2n) is 8.20. The van der Waals surface area contributed by atoms with E-state index in [9.17, 15) is 4.79 Å². The number of piperidine rings is 1. The van der Waals surface area contributed by atoms with Crippen molar-refractivity contribution in [3.05, 3.63) is 71.9 Å². The molecule has 1 aromatic heterocycles. The van der Waals surface area contributed by atoms with E-state index in [0.717, 1.165) is 24.2 Å². The van der Waals surface area contributed by atoms with Crippen molar-refractivity contribution in [2.45, 2.75) is 38.7 Å². The highest BCUT2D eigenvalue weighted by atomic mass is 16.5. The molecule has 31 heavy (non-hydrogen) atoms. The average Bonchev–Trinajstić information content (AvgIpc) is 3.27. The van der Waals surface area contributed by atoms with Crippen LogP contribution in [0.2, 0.25) is 0 Å². The number of aromatic nitrogens is 2. The molecule has 3 aromatic rings. The molecule has 0 spiro atoms. The molecule has 1 aliphatic heterocycles. The number of hydrogen-bond donors (Lipinski definition) is 0. The van der Waals surface area contributed by atoms with Crippen LogP contribution >= 0.6 is 0 Å². The molecule has 1 atom stereocenters. The summed E-state index contributed by atoms with van der Waals surface area (Å²) in [6.45, 7) is 5.52. The van der Waals surface area contributed by atoms with Gasteiger partial charge >= 0.3 is 0 Å². The van der Waals surface area contributed by atoms with Crippen LogP contribution in [0.4, 0.5) is 0 Å². The summed E-state index contributed by atoms with van der Waals surface area (Å²) in [6.07, 6.45) is 1.76. The van der Waals surface area contributed by atoms with E-state index in [0.29, 0.717) is 30.6 Å². The Kier molecular flexibility index (Phi) is 6.21. The molecule has 1 amide bonds. The van der Waals surface area contributed by atoms with E-state index >= 15 is 0 Å². The van der Waals surface area contributed by atoms with E-state index in [2.05, 4.69) is 17.1 Å². The van der Waals surface area contributed by atoms with Crippen molar-refractivity contribution in [3.8, 4) is 11.5 Å². The predicted octanol–water partition coefficient (Wildman–Crippen LogP) is 3.92. The zero-order valence-electron chi connectivity index (χ0n) is 17.9. The topological polar surface area (TPSA) is 77.7 Å². The molecule has 1 aliphatic rings. The second kappa shape index (κ2) is 9.20. The molecule has 0 N–H and O–H groups in total. The van der Waals surface area contributed by atoms with E-state index in [1.165, 1.54) is 0 Å². The monoisotopic (exact) mass is 421 g/mol. The summed E-state index contributed by atoms with van der Waals surface area (Å²) in [7, 11) is 0. The van der Waals surface area contributed by atoms with Gasteiger partial charge in [-0.15, -0.1) is 0 Å². The molecule has 0 radical (unpaired) electrons. The number of carbonyl (C=O) groups excluding carboxylic acids is 1. The molecule has 7 heteroatoms. The molecule has 0 bridgehead atoms. The number of rotatable bonds is 7. The van der Waals surface area contributed by atoms with Gasteiger partial charge in [-0.05, 0) is 49.6 Å². The van der Waals surface area contributed by atoms with Crippen LogP contribution in [0.5, 0.6) is 11.5 Å². The number of likely N-dealkylation sites (tertiary alicyclic amines) is 1. The first kappa shape index (κ1) is 20.9. The molecule has 1 fully saturated rings. The van der Waals surface area contributed by atoms with Gasteiger partial charge in [-0.25, -0.2) is 0 Å². The van der Waals surface area contributed by atoms with Crippen molar-refractivity contribution in [1.82, 2.24) is 15.0 Å². The zero-order chi connectivity index (χ0) is 21.7. The third kappa shape index (κ3) is 5.23. The van der Waals surface area contributed by atoms with E-state index in [1.807, 2.05) is 66.4 Å². The molecule has 4 rings (SSSR count). The second-order valence-corrected chi connectivity index (χ2v) is 8.20. The minimum absolute atomic E-state index is 0.0158. The maximum Gasteiger partial charge on any atom is 0.264 e. The van der Waals surface area contributed by atoms with Gasteiger partial charge in [-0.1, -0.05) is 42.4 Å². The Morgan fingerprint density at radius 3 is 2.74 bits per heavy atom. The normalized spacial score (nSPS) is 18.6. The largest absolute Gasteiger partial charge is 0.484 e. The molecule has 1 unspecified atom stereocenters. The number of ether oxygens (including phenoxy) is 2. The smallest absolute Gasteiger partial charge is 0.264 e. The quantitative estimate of drug-likeness (QED) is 0.576. The first-order valence-corrected chi connectivity index (χ1v) is 10.5. The first-order chi connectivity index (χ1) is 15.0. The molecule has 2 heterocycles. The van der Waals surface area contributed by atoms with Crippen molar-refractivity contribution in [2.24, 2.45) is 0 Å². The maximum atomic E-state index is 12.8. The van der Waals surface area contributed by atoms with Gasteiger partial charge in [0, 0.05) is 18.5 Å². The third-order valence-electron chi connectivity index (χ3n) is 5.51. The molecular formula is C24H27N3O4. The fourth-order valence-electron chi connectivity index (χ4n) is 3.80. The fourth-order valence-corrected chi connectivity index (χ4v) is 3.80. The van der Waals surface area contributed by atoms with Gasteiger partial charge in [0.25, 0.3) is 11.8 Å². The fraction of sp³-hybridized carbons (Fsp3) is 0.375. The first-order valence-electron chi connectivity index (χ1n) is 10.5. The van der Waals surface area contributed by atoms with Crippen molar-refractivity contribution < 1.29 is 18.8 Å². The highest BCUT2D eigenvalue weighted by Crippen LogP contribution is 2.32. The summed E-state index contributed by atoms with van der Waals surface area (Å²) in [4.78, 5) is 19.1. The zero-order valence-corrected chi connectivity index (χ0v) is 17.9. The van der Waals surface area contributed by atoms with Gasteiger partial charge in [0.05, 0.1) is 0 Å². The standard InChI is InChI=1S/C24H27N3O4/c1-18-8-6-11-20(14-18)30-16-22(28)27-13-7-12-24(2,17-27)23-25-21(31-26-23)15-29-19-9-4-3-5-10-19/h3-6,8-11,14H,7,12-13,15-17H2,1-2H3. The molecule has 1 saturated heterocycles. The van der Waals surface area contributed by atoms with Crippen LogP contribution in [0.3, 0.4) is 0 Å². The molecular weight excluding hydrogens is 394 g/mol. The number of hydrogen-bond acceptors (Lipinski definition) is 6. The van der Waals surface area contributed by atoms with Crippen LogP contribution in [0.15, 0.2) is 59.1 Å². The number of carbonyl (C=O) groups is 1. The number of para-hydroxylation sites is 1. The summed E-state index contributed by atoms with van der Waals surface area (Å²) in [5, 5.41) is 4.19. The lowest BCUT2D eigenvalue weighted by molar-refractivity contribution is -0.135. The van der Waals surface area contributed by atoms with Gasteiger partial charge in [-0.2, -0.15) is 4.98 Å². The van der Waals surface area contributed by atoms with Crippen LogP contribution < -0.4 is 9.47 Å². The Labute approximate surface area is 182 Å². The Morgan fingerprint density at radius 2 is 1.94 bits per heavy atom. The summed E-state index contributed by atoms with van der Waals surface area (Å²) in [5.41, 5.74) is 0.728. The summed E-state index contributed by atoms with van der Waals surface area (Å²) < 4.78 is 16.8. The summed E-state index contributed by atoms with van der Waals surface area (Å²) in [6, 6.07) is 17.2. The molecule has 7 nitrogen and oxygen atoms in total. The van der Waals surface area contributed by atoms with Crippen LogP contribution in [-0.4, -0.2) is 40.6 Å². The van der Waals surface area contributed by atoms with Gasteiger partial charge in [-0.3, -0.25) is 4.79 Å². The molecule has 162 valence electrons. The number of nitrogens with zero attached hydrogens (tertiary/aromatic N) is 3. The number of aryl methyl sites for hydroxylation is 1. The molecule has 0 aliphatic carbocycles. The minimum Gasteiger partial charge on any atom is -0.484 e. The van der Waals surface area contributed by atoms with Crippen molar-refractivity contribution in [1.29, 1.82) is 0 Å². The Bertz CT molecular complexity index is 1020. The number of amides is 1. The van der Waals surface area contributed by atoms with E-state index in [1.54, 1.807) is 0 Å². The Hall–Kier alpha value is -3.35. The van der Waals surface area contributed by atoms with Crippen molar-refractivity contribution >= 4 is 5.91 Å². The van der Waals surface area contributed by atoms with E-state index < -0.39 is 0 Å². The summed E-state index contributed by atoms with van der Waals surface area (Å²) in [5.74, 6) is 2.44. The maximum absolute atomic E-state index is 12.8. The van der Waals surface area contributed by atoms with Gasteiger partial charge in [0.2, 0.25) is 0 Å². The molecule has 0 saturated carbocycles. The van der Waals surface area contributed by atoms with Crippen molar-refractivity contribution in [2.75, 3.05) is 19.7 Å². The average molecular weight is 421 g/mol. The Balaban J connectivity index is 1.35. The van der Waals surface area contributed by atoms with E-state index in [4.69, 9.17) is 14.0 Å². The van der Waals surface area contributed by atoms with Gasteiger partial charge in [0.15, 0.2) is 19.0 Å². The van der Waals surface area contributed by atoms with Crippen LogP contribution in [0, 0.1) is 6.92 Å². The third-order valence-corrected chi connectivity index (χ3v) is 5.51. The highest BCUT2D eigenvalue weighted by Gasteiger charge is 2.38. The van der Waals surface area contributed by atoms with Gasteiger partial charge in [0.1, 0.15) is 11.5 Å².